The number of anilines is 2. The fraction of sp³-hybridized carbons (Fsp3) is 0. The summed E-state index contributed by atoms with van der Waals surface area (Å²) in [6.45, 7) is 0. The number of hydrogen-bond donors (Lipinski definition) is 2. The van der Waals surface area contributed by atoms with E-state index >= 15 is 0 Å². The molecule has 0 spiro atoms. The van der Waals surface area contributed by atoms with Crippen LogP contribution in [0.3, 0.4) is 0 Å². The average molecular weight is 327 g/mol. The number of aromatic amines is 1. The number of rotatable bonds is 3. The van der Waals surface area contributed by atoms with Gasteiger partial charge in [0.2, 0.25) is 0 Å². The molecule has 3 heterocycles. The minimum absolute atomic E-state index is 0.712. The van der Waals surface area contributed by atoms with Crippen LogP contribution in [0.4, 0.5) is 11.6 Å². The first-order valence-corrected chi connectivity index (χ1v) is 7.96. The zero-order valence-electron chi connectivity index (χ0n) is 11.4. The van der Waals surface area contributed by atoms with Crippen LogP contribution in [-0.2, 0) is 0 Å². The molecule has 0 atom stereocenters. The van der Waals surface area contributed by atoms with Gasteiger partial charge in [0.25, 0.3) is 0 Å². The van der Waals surface area contributed by atoms with Crippen molar-refractivity contribution in [1.29, 1.82) is 0 Å². The van der Waals surface area contributed by atoms with Crippen molar-refractivity contribution in [2.24, 2.45) is 0 Å². The van der Waals surface area contributed by atoms with E-state index in [9.17, 15) is 0 Å². The molecular formula is C16H11ClN4S. The van der Waals surface area contributed by atoms with Gasteiger partial charge in [0.1, 0.15) is 17.3 Å². The number of pyridine rings is 1. The van der Waals surface area contributed by atoms with Crippen LogP contribution < -0.4 is 5.32 Å². The molecule has 0 fully saturated rings. The Labute approximate surface area is 135 Å². The van der Waals surface area contributed by atoms with Gasteiger partial charge in [-0.2, -0.15) is 5.10 Å². The van der Waals surface area contributed by atoms with Gasteiger partial charge in [-0.25, -0.2) is 4.98 Å². The third kappa shape index (κ3) is 2.56. The normalized spacial score (nSPS) is 11.0. The Balaban J connectivity index is 1.62. The zero-order valence-corrected chi connectivity index (χ0v) is 12.9. The highest BCUT2D eigenvalue weighted by Gasteiger charge is 2.06. The Bertz CT molecular complexity index is 930. The van der Waals surface area contributed by atoms with Gasteiger partial charge >= 0.3 is 0 Å². The fourth-order valence-electron chi connectivity index (χ4n) is 2.24. The van der Waals surface area contributed by atoms with Gasteiger partial charge in [-0.05, 0) is 41.8 Å². The van der Waals surface area contributed by atoms with Crippen LogP contribution in [-0.4, -0.2) is 15.2 Å². The summed E-state index contributed by atoms with van der Waals surface area (Å²) in [5.74, 6) is 1.57. The topological polar surface area (TPSA) is 53.6 Å². The minimum atomic E-state index is 0.712. The third-order valence-electron chi connectivity index (χ3n) is 3.27. The molecule has 0 aliphatic rings. The number of nitrogens with zero attached hydrogens (tertiary/aromatic N) is 2. The molecular weight excluding hydrogens is 316 g/mol. The van der Waals surface area contributed by atoms with Crippen molar-refractivity contribution in [2.75, 3.05) is 5.32 Å². The fourth-order valence-corrected chi connectivity index (χ4v) is 3.11. The van der Waals surface area contributed by atoms with E-state index < -0.39 is 0 Å². The molecule has 0 radical (unpaired) electrons. The summed E-state index contributed by atoms with van der Waals surface area (Å²) in [6, 6.07) is 15.6. The number of aromatic nitrogens is 3. The quantitative estimate of drug-likeness (QED) is 0.551. The molecule has 6 heteroatoms. The van der Waals surface area contributed by atoms with Crippen molar-refractivity contribution in [1.82, 2.24) is 15.2 Å². The molecule has 0 saturated carbocycles. The van der Waals surface area contributed by atoms with Gasteiger partial charge in [0.15, 0.2) is 0 Å². The Morgan fingerprint density at radius 3 is 2.91 bits per heavy atom. The lowest BCUT2D eigenvalue weighted by molar-refractivity contribution is 1.10. The number of halogens is 1. The van der Waals surface area contributed by atoms with Gasteiger partial charge in [0.05, 0.1) is 10.4 Å². The van der Waals surface area contributed by atoms with Crippen LogP contribution in [0, 0.1) is 0 Å². The largest absolute Gasteiger partial charge is 0.325 e. The Hall–Kier alpha value is -2.37. The monoisotopic (exact) mass is 326 g/mol. The van der Waals surface area contributed by atoms with E-state index in [-0.39, 0.29) is 0 Å². The van der Waals surface area contributed by atoms with E-state index in [1.54, 1.807) is 11.3 Å². The summed E-state index contributed by atoms with van der Waals surface area (Å²) >= 11 is 7.64. The Kier molecular flexibility index (Phi) is 3.29. The van der Waals surface area contributed by atoms with Gasteiger partial charge in [-0.1, -0.05) is 17.7 Å². The van der Waals surface area contributed by atoms with Crippen LogP contribution in [0.2, 0.25) is 5.02 Å². The van der Waals surface area contributed by atoms with Crippen molar-refractivity contribution in [3.63, 3.8) is 0 Å². The summed E-state index contributed by atoms with van der Waals surface area (Å²) in [7, 11) is 0. The molecule has 4 nitrogen and oxygen atoms in total. The molecule has 0 amide bonds. The number of hydrogen-bond acceptors (Lipinski definition) is 4. The first-order chi connectivity index (χ1) is 10.8. The summed E-state index contributed by atoms with van der Waals surface area (Å²) in [5, 5.41) is 14.3. The smallest absolute Gasteiger partial charge is 0.132 e. The first kappa shape index (κ1) is 13.3. The number of thiophene rings is 1. The van der Waals surface area contributed by atoms with E-state index in [4.69, 9.17) is 11.6 Å². The van der Waals surface area contributed by atoms with Gasteiger partial charge in [-0.3, -0.25) is 5.10 Å². The molecule has 1 aromatic carbocycles. The van der Waals surface area contributed by atoms with Crippen molar-refractivity contribution >= 4 is 45.5 Å². The molecule has 108 valence electrons. The molecule has 4 rings (SSSR count). The van der Waals surface area contributed by atoms with Crippen molar-refractivity contribution in [3.8, 4) is 10.6 Å². The molecule has 0 unspecified atom stereocenters. The molecule has 3 aromatic heterocycles. The zero-order chi connectivity index (χ0) is 14.9. The molecule has 0 bridgehead atoms. The van der Waals surface area contributed by atoms with Crippen LogP contribution >= 0.6 is 22.9 Å². The lowest BCUT2D eigenvalue weighted by Gasteiger charge is -2.04. The highest BCUT2D eigenvalue weighted by molar-refractivity contribution is 7.13. The van der Waals surface area contributed by atoms with E-state index in [0.29, 0.717) is 5.02 Å². The average Bonchev–Trinajstić information content (AvgIpc) is 3.18. The minimum Gasteiger partial charge on any atom is -0.325 e. The standard InChI is InChI=1S/C16H11ClN4S/c17-11-4-5-12-10(8-11)3-6-15(18-12)19-16-9-13(20-21-16)14-2-1-7-22-14/h1-9H,(H2,18,19,20,21). The number of nitrogens with one attached hydrogen (secondary N) is 2. The molecule has 0 saturated heterocycles. The van der Waals surface area contributed by atoms with Gasteiger partial charge in [0, 0.05) is 16.5 Å². The second kappa shape index (κ2) is 5.44. The highest BCUT2D eigenvalue weighted by atomic mass is 35.5. The second-order valence-corrected chi connectivity index (χ2v) is 6.19. The summed E-state index contributed by atoms with van der Waals surface area (Å²) in [5.41, 5.74) is 1.82. The van der Waals surface area contributed by atoms with Crippen LogP contribution in [0.1, 0.15) is 0 Å². The maximum Gasteiger partial charge on any atom is 0.132 e. The second-order valence-electron chi connectivity index (χ2n) is 4.80. The lowest BCUT2D eigenvalue weighted by Crippen LogP contribution is -1.93. The van der Waals surface area contributed by atoms with Crippen molar-refractivity contribution in [3.05, 3.63) is 58.9 Å². The van der Waals surface area contributed by atoms with Crippen molar-refractivity contribution < 1.29 is 0 Å². The maximum absolute atomic E-state index is 5.98. The third-order valence-corrected chi connectivity index (χ3v) is 4.39. The van der Waals surface area contributed by atoms with E-state index in [1.165, 1.54) is 0 Å². The lowest BCUT2D eigenvalue weighted by atomic mass is 10.2. The van der Waals surface area contributed by atoms with Crippen LogP contribution in [0.5, 0.6) is 0 Å². The SMILES string of the molecule is Clc1ccc2nc(Nc3cc(-c4cccs4)n[nH]3)ccc2c1. The first-order valence-electron chi connectivity index (χ1n) is 6.70. The van der Waals surface area contributed by atoms with Gasteiger partial charge in [-0.15, -0.1) is 11.3 Å². The van der Waals surface area contributed by atoms with Crippen molar-refractivity contribution in [2.45, 2.75) is 0 Å². The number of H-pyrrole nitrogens is 1. The Morgan fingerprint density at radius 2 is 2.05 bits per heavy atom. The van der Waals surface area contributed by atoms with Crippen LogP contribution in [0.15, 0.2) is 53.9 Å². The number of fused-ring (bicyclic) bond motifs is 1. The van der Waals surface area contributed by atoms with Crippen LogP contribution in [0.25, 0.3) is 21.5 Å². The predicted molar refractivity (Wildman–Crippen MR) is 91.9 cm³/mol. The molecule has 4 aromatic rings. The molecule has 0 aliphatic heterocycles. The summed E-state index contributed by atoms with van der Waals surface area (Å²) in [6.07, 6.45) is 0. The summed E-state index contributed by atoms with van der Waals surface area (Å²) in [4.78, 5) is 5.70. The molecule has 2 N–H and O–H groups in total. The Morgan fingerprint density at radius 1 is 1.09 bits per heavy atom. The number of benzene rings is 1. The molecule has 0 aliphatic carbocycles. The molecule has 22 heavy (non-hydrogen) atoms. The van der Waals surface area contributed by atoms with E-state index in [2.05, 4.69) is 20.5 Å². The predicted octanol–water partition coefficient (Wildman–Crippen LogP) is 5.08. The summed E-state index contributed by atoms with van der Waals surface area (Å²) < 4.78 is 0. The highest BCUT2D eigenvalue weighted by Crippen LogP contribution is 2.26. The van der Waals surface area contributed by atoms with Gasteiger partial charge < -0.3 is 5.32 Å². The maximum atomic E-state index is 5.98. The van der Waals surface area contributed by atoms with E-state index in [0.717, 1.165) is 33.1 Å². The van der Waals surface area contributed by atoms with E-state index in [1.807, 2.05) is 53.9 Å².